The van der Waals surface area contributed by atoms with Crippen LogP contribution in [0.25, 0.3) is 27.6 Å². The Morgan fingerprint density at radius 1 is 1.04 bits per heavy atom. The molecule has 0 aliphatic heterocycles. The maximum atomic E-state index is 12.1. The summed E-state index contributed by atoms with van der Waals surface area (Å²) in [5, 5.41) is 14.7. The fraction of sp³-hybridized carbons (Fsp3) is 0. The molecule has 4 aromatic rings. The van der Waals surface area contributed by atoms with Gasteiger partial charge in [0, 0.05) is 11.6 Å². The highest BCUT2D eigenvalue weighted by molar-refractivity contribution is 6.01. The number of carboxylic acid groups (broad SMARTS) is 1. The minimum absolute atomic E-state index is 0.106. The van der Waals surface area contributed by atoms with E-state index in [0.717, 1.165) is 0 Å². The highest BCUT2D eigenvalue weighted by Gasteiger charge is 2.16. The maximum absolute atomic E-state index is 12.1. The Labute approximate surface area is 129 Å². The molecule has 0 atom stereocenters. The molecule has 0 bridgehead atoms. The first-order valence-corrected chi connectivity index (χ1v) is 6.89. The van der Waals surface area contributed by atoms with E-state index in [1.165, 1.54) is 16.9 Å². The molecule has 0 aliphatic carbocycles. The number of aromatic nitrogens is 2. The van der Waals surface area contributed by atoms with Crippen LogP contribution in [-0.4, -0.2) is 20.9 Å². The predicted molar refractivity (Wildman–Crippen MR) is 84.1 cm³/mol. The van der Waals surface area contributed by atoms with E-state index in [4.69, 9.17) is 4.42 Å². The summed E-state index contributed by atoms with van der Waals surface area (Å²) in [5.41, 5.74) is 0.922. The van der Waals surface area contributed by atoms with Crippen LogP contribution < -0.4 is 5.63 Å². The second-order valence-corrected chi connectivity index (χ2v) is 5.04. The van der Waals surface area contributed by atoms with Gasteiger partial charge in [-0.2, -0.15) is 5.10 Å². The standard InChI is InChI=1S/C17H10N2O4/c20-16(21)10-5-1-3-7-13(10)19-9-12-15(18-19)11-6-2-4-8-14(11)23-17(12)22/h1-9H,(H,20,21). The zero-order chi connectivity index (χ0) is 16.0. The lowest BCUT2D eigenvalue weighted by Gasteiger charge is -2.04. The van der Waals surface area contributed by atoms with Crippen LogP contribution >= 0.6 is 0 Å². The summed E-state index contributed by atoms with van der Waals surface area (Å²) in [6.45, 7) is 0. The number of para-hydroxylation sites is 2. The monoisotopic (exact) mass is 306 g/mol. The Kier molecular flexibility index (Phi) is 2.77. The summed E-state index contributed by atoms with van der Waals surface area (Å²) >= 11 is 0. The van der Waals surface area contributed by atoms with E-state index in [-0.39, 0.29) is 5.56 Å². The van der Waals surface area contributed by atoms with Crippen molar-refractivity contribution in [1.82, 2.24) is 9.78 Å². The average molecular weight is 306 g/mol. The molecular weight excluding hydrogens is 296 g/mol. The molecule has 0 amide bonds. The fourth-order valence-electron chi connectivity index (χ4n) is 2.61. The van der Waals surface area contributed by atoms with Gasteiger partial charge in [0.1, 0.15) is 16.5 Å². The van der Waals surface area contributed by atoms with Crippen molar-refractivity contribution in [1.29, 1.82) is 0 Å². The zero-order valence-corrected chi connectivity index (χ0v) is 11.8. The lowest BCUT2D eigenvalue weighted by Crippen LogP contribution is -2.05. The summed E-state index contributed by atoms with van der Waals surface area (Å²) < 4.78 is 6.68. The van der Waals surface area contributed by atoms with Crippen LogP contribution in [0.5, 0.6) is 0 Å². The molecule has 112 valence electrons. The van der Waals surface area contributed by atoms with Crippen LogP contribution in [-0.2, 0) is 0 Å². The summed E-state index contributed by atoms with van der Waals surface area (Å²) in [4.78, 5) is 23.5. The highest BCUT2D eigenvalue weighted by Crippen LogP contribution is 2.23. The Bertz CT molecular complexity index is 1120. The Hall–Kier alpha value is -3.41. The van der Waals surface area contributed by atoms with Gasteiger partial charge in [-0.3, -0.25) is 0 Å². The normalized spacial score (nSPS) is 11.1. The van der Waals surface area contributed by atoms with E-state index in [2.05, 4.69) is 5.10 Å². The molecule has 6 heteroatoms. The van der Waals surface area contributed by atoms with Crippen molar-refractivity contribution in [3.63, 3.8) is 0 Å². The molecule has 1 N–H and O–H groups in total. The van der Waals surface area contributed by atoms with Crippen LogP contribution in [0.15, 0.2) is 63.9 Å². The largest absolute Gasteiger partial charge is 0.478 e. The molecule has 2 heterocycles. The SMILES string of the molecule is O=C(O)c1ccccc1-n1cc2c(=O)oc3ccccc3c2n1. The Balaban J connectivity index is 2.08. The number of benzene rings is 2. The van der Waals surface area contributed by atoms with Gasteiger partial charge in [0.25, 0.3) is 0 Å². The van der Waals surface area contributed by atoms with Crippen LogP contribution in [0.4, 0.5) is 0 Å². The predicted octanol–water partition coefficient (Wildman–Crippen LogP) is 2.83. The molecular formula is C17H10N2O4. The third-order valence-corrected chi connectivity index (χ3v) is 3.66. The van der Waals surface area contributed by atoms with Crippen LogP contribution in [0.2, 0.25) is 0 Å². The second-order valence-electron chi connectivity index (χ2n) is 5.04. The van der Waals surface area contributed by atoms with Gasteiger partial charge in [-0.15, -0.1) is 0 Å². The van der Waals surface area contributed by atoms with Gasteiger partial charge in [-0.1, -0.05) is 24.3 Å². The third-order valence-electron chi connectivity index (χ3n) is 3.66. The van der Waals surface area contributed by atoms with Gasteiger partial charge in [-0.05, 0) is 24.3 Å². The van der Waals surface area contributed by atoms with E-state index >= 15 is 0 Å². The van der Waals surface area contributed by atoms with Gasteiger partial charge in [0.05, 0.1) is 11.3 Å². The summed E-state index contributed by atoms with van der Waals surface area (Å²) in [6.07, 6.45) is 1.50. The summed E-state index contributed by atoms with van der Waals surface area (Å²) in [5.74, 6) is -1.06. The highest BCUT2D eigenvalue weighted by atomic mass is 16.4. The molecule has 2 aromatic carbocycles. The number of carbonyl (C=O) groups is 1. The summed E-state index contributed by atoms with van der Waals surface area (Å²) in [6, 6.07) is 13.6. The molecule has 0 saturated carbocycles. The van der Waals surface area contributed by atoms with E-state index in [1.54, 1.807) is 36.4 Å². The van der Waals surface area contributed by atoms with Gasteiger partial charge in [0.15, 0.2) is 0 Å². The lowest BCUT2D eigenvalue weighted by atomic mass is 10.2. The smallest absolute Gasteiger partial charge is 0.347 e. The Morgan fingerprint density at radius 2 is 1.78 bits per heavy atom. The number of carboxylic acids is 1. The number of hydrogen-bond acceptors (Lipinski definition) is 4. The van der Waals surface area contributed by atoms with Crippen LogP contribution in [0.3, 0.4) is 0 Å². The molecule has 4 rings (SSSR count). The minimum Gasteiger partial charge on any atom is -0.478 e. The van der Waals surface area contributed by atoms with Gasteiger partial charge < -0.3 is 9.52 Å². The van der Waals surface area contributed by atoms with Gasteiger partial charge in [-0.25, -0.2) is 14.3 Å². The first-order chi connectivity index (χ1) is 11.1. The lowest BCUT2D eigenvalue weighted by molar-refractivity contribution is 0.0696. The number of aromatic carboxylic acids is 1. The van der Waals surface area contributed by atoms with Gasteiger partial charge >= 0.3 is 11.6 Å². The molecule has 0 saturated heterocycles. The molecule has 0 spiro atoms. The van der Waals surface area contributed by atoms with E-state index in [1.807, 2.05) is 6.07 Å². The van der Waals surface area contributed by atoms with E-state index in [0.29, 0.717) is 27.6 Å². The zero-order valence-electron chi connectivity index (χ0n) is 11.8. The van der Waals surface area contributed by atoms with Crippen molar-refractivity contribution in [2.24, 2.45) is 0 Å². The van der Waals surface area contributed by atoms with Crippen molar-refractivity contribution in [3.05, 3.63) is 70.7 Å². The molecule has 0 fully saturated rings. The molecule has 0 aliphatic rings. The van der Waals surface area contributed by atoms with E-state index in [9.17, 15) is 14.7 Å². The minimum atomic E-state index is -1.06. The quantitative estimate of drug-likeness (QED) is 0.576. The van der Waals surface area contributed by atoms with Crippen molar-refractivity contribution in [2.45, 2.75) is 0 Å². The van der Waals surface area contributed by atoms with Gasteiger partial charge in [0.2, 0.25) is 0 Å². The van der Waals surface area contributed by atoms with Crippen molar-refractivity contribution >= 4 is 27.8 Å². The topological polar surface area (TPSA) is 85.3 Å². The molecule has 23 heavy (non-hydrogen) atoms. The maximum Gasteiger partial charge on any atom is 0.347 e. The van der Waals surface area contributed by atoms with Crippen molar-refractivity contribution < 1.29 is 14.3 Å². The van der Waals surface area contributed by atoms with E-state index < -0.39 is 11.6 Å². The molecule has 0 radical (unpaired) electrons. The number of fused-ring (bicyclic) bond motifs is 3. The first kappa shape index (κ1) is 13.3. The fourth-order valence-corrected chi connectivity index (χ4v) is 2.61. The number of nitrogens with zero attached hydrogens (tertiary/aromatic N) is 2. The molecule has 6 nitrogen and oxygen atoms in total. The third kappa shape index (κ3) is 2.00. The number of rotatable bonds is 2. The molecule has 2 aromatic heterocycles. The summed E-state index contributed by atoms with van der Waals surface area (Å²) in [7, 11) is 0. The molecule has 0 unspecified atom stereocenters. The van der Waals surface area contributed by atoms with Crippen LogP contribution in [0, 0.1) is 0 Å². The van der Waals surface area contributed by atoms with Crippen molar-refractivity contribution in [3.8, 4) is 5.69 Å². The van der Waals surface area contributed by atoms with Crippen LogP contribution in [0.1, 0.15) is 10.4 Å². The number of hydrogen-bond donors (Lipinski definition) is 1. The second kappa shape index (κ2) is 4.81. The first-order valence-electron chi connectivity index (χ1n) is 6.89. The average Bonchev–Trinajstić information content (AvgIpc) is 3.01. The Morgan fingerprint density at radius 3 is 2.61 bits per heavy atom. The van der Waals surface area contributed by atoms with Crippen molar-refractivity contribution in [2.75, 3.05) is 0 Å².